The van der Waals surface area contributed by atoms with E-state index in [-0.39, 0.29) is 0 Å². The van der Waals surface area contributed by atoms with Crippen LogP contribution in [-0.2, 0) is 10.8 Å². The van der Waals surface area contributed by atoms with Gasteiger partial charge in [-0.25, -0.2) is 0 Å². The fraction of sp³-hybridized carbons (Fsp3) is 1.00. The molecule has 1 N–H and O–H groups in total. The van der Waals surface area contributed by atoms with E-state index < -0.39 is 10.8 Å². The quantitative estimate of drug-likeness (QED) is 0.839. The van der Waals surface area contributed by atoms with Crippen molar-refractivity contribution in [1.29, 1.82) is 0 Å². The van der Waals surface area contributed by atoms with Crippen molar-refractivity contribution < 1.29 is 4.21 Å². The number of hydrogen-bond donors (Lipinski definition) is 1. The SMILES string of the molecule is O=S1CCC(NC2CCCC(C3CC3)C2)CC1. The molecule has 0 bridgehead atoms. The molecular weight excluding hydrogens is 230 g/mol. The van der Waals surface area contributed by atoms with Gasteiger partial charge in [0, 0.05) is 34.4 Å². The standard InChI is InChI=1S/C14H25NOS/c16-17-8-6-13(7-9-17)15-14-3-1-2-12(10-14)11-4-5-11/h11-15H,1-10H2. The molecule has 2 saturated carbocycles. The molecule has 0 radical (unpaired) electrons. The molecule has 3 rings (SSSR count). The molecule has 17 heavy (non-hydrogen) atoms. The molecule has 3 heteroatoms. The highest BCUT2D eigenvalue weighted by atomic mass is 32.2. The van der Waals surface area contributed by atoms with Crippen molar-refractivity contribution in [2.45, 2.75) is 63.5 Å². The number of rotatable bonds is 3. The summed E-state index contributed by atoms with van der Waals surface area (Å²) in [4.78, 5) is 0. The van der Waals surface area contributed by atoms with E-state index >= 15 is 0 Å². The van der Waals surface area contributed by atoms with Gasteiger partial charge in [0.25, 0.3) is 0 Å². The Balaban J connectivity index is 1.45. The molecule has 3 aliphatic rings. The predicted octanol–water partition coefficient (Wildman–Crippen LogP) is 2.46. The van der Waals surface area contributed by atoms with E-state index in [2.05, 4.69) is 5.32 Å². The van der Waals surface area contributed by atoms with Crippen molar-refractivity contribution in [1.82, 2.24) is 5.32 Å². The van der Waals surface area contributed by atoms with Crippen LogP contribution in [0.15, 0.2) is 0 Å². The summed E-state index contributed by atoms with van der Waals surface area (Å²) < 4.78 is 11.3. The van der Waals surface area contributed by atoms with Gasteiger partial charge in [0.05, 0.1) is 0 Å². The molecule has 0 aromatic carbocycles. The smallest absolute Gasteiger partial charge is 0.0249 e. The second-order valence-electron chi connectivity index (χ2n) is 6.25. The summed E-state index contributed by atoms with van der Waals surface area (Å²) in [5.74, 6) is 3.96. The van der Waals surface area contributed by atoms with Gasteiger partial charge in [-0.15, -0.1) is 0 Å². The largest absolute Gasteiger partial charge is 0.311 e. The van der Waals surface area contributed by atoms with E-state index in [1.54, 1.807) is 0 Å². The minimum absolute atomic E-state index is 0.512. The van der Waals surface area contributed by atoms with E-state index in [9.17, 15) is 4.21 Å². The molecule has 1 heterocycles. The molecule has 0 aromatic heterocycles. The van der Waals surface area contributed by atoms with Crippen LogP contribution in [0.1, 0.15) is 51.4 Å². The summed E-state index contributed by atoms with van der Waals surface area (Å²) in [6.07, 6.45) is 11.0. The maximum Gasteiger partial charge on any atom is 0.0249 e. The number of hydrogen-bond acceptors (Lipinski definition) is 2. The summed E-state index contributed by atoms with van der Waals surface area (Å²) in [6.45, 7) is 0. The zero-order valence-corrected chi connectivity index (χ0v) is 11.5. The minimum atomic E-state index is -0.512. The summed E-state index contributed by atoms with van der Waals surface area (Å²) in [6, 6.07) is 1.43. The molecule has 1 aliphatic heterocycles. The van der Waals surface area contributed by atoms with Gasteiger partial charge in [-0.3, -0.25) is 4.21 Å². The van der Waals surface area contributed by atoms with Crippen LogP contribution in [0.4, 0.5) is 0 Å². The van der Waals surface area contributed by atoms with E-state index in [0.717, 1.165) is 42.2 Å². The van der Waals surface area contributed by atoms with Crippen LogP contribution in [0.25, 0.3) is 0 Å². The number of nitrogens with one attached hydrogen (secondary N) is 1. The molecule has 0 spiro atoms. The molecule has 2 aliphatic carbocycles. The zero-order chi connectivity index (χ0) is 11.7. The Bertz CT molecular complexity index is 280. The summed E-state index contributed by atoms with van der Waals surface area (Å²) in [5.41, 5.74) is 0. The minimum Gasteiger partial charge on any atom is -0.311 e. The van der Waals surface area contributed by atoms with Crippen LogP contribution in [0.2, 0.25) is 0 Å². The van der Waals surface area contributed by atoms with E-state index in [4.69, 9.17) is 0 Å². The second kappa shape index (κ2) is 5.40. The Morgan fingerprint density at radius 1 is 0.824 bits per heavy atom. The third-order valence-corrected chi connectivity index (χ3v) is 6.24. The lowest BCUT2D eigenvalue weighted by Crippen LogP contribution is -2.44. The topological polar surface area (TPSA) is 29.1 Å². The van der Waals surface area contributed by atoms with Crippen molar-refractivity contribution in [3.8, 4) is 0 Å². The van der Waals surface area contributed by atoms with Crippen molar-refractivity contribution in [2.24, 2.45) is 11.8 Å². The first-order chi connectivity index (χ1) is 8.31. The molecule has 3 fully saturated rings. The van der Waals surface area contributed by atoms with Crippen LogP contribution in [0.5, 0.6) is 0 Å². The zero-order valence-electron chi connectivity index (χ0n) is 10.7. The molecule has 2 nitrogen and oxygen atoms in total. The van der Waals surface area contributed by atoms with Gasteiger partial charge in [0.2, 0.25) is 0 Å². The summed E-state index contributed by atoms with van der Waals surface area (Å²) in [7, 11) is -0.512. The lowest BCUT2D eigenvalue weighted by Gasteiger charge is -2.34. The fourth-order valence-electron chi connectivity index (χ4n) is 3.67. The third-order valence-electron chi connectivity index (χ3n) is 4.86. The maximum absolute atomic E-state index is 11.3. The highest BCUT2D eigenvalue weighted by Crippen LogP contribution is 2.44. The van der Waals surface area contributed by atoms with Gasteiger partial charge < -0.3 is 5.32 Å². The molecule has 1 saturated heterocycles. The summed E-state index contributed by atoms with van der Waals surface area (Å²) in [5, 5.41) is 3.86. The Labute approximate surface area is 107 Å². The predicted molar refractivity (Wildman–Crippen MR) is 72.5 cm³/mol. The first kappa shape index (κ1) is 12.2. The van der Waals surface area contributed by atoms with E-state index in [0.29, 0.717) is 6.04 Å². The van der Waals surface area contributed by atoms with Gasteiger partial charge in [-0.2, -0.15) is 0 Å². The van der Waals surface area contributed by atoms with Crippen LogP contribution < -0.4 is 5.32 Å². The fourth-order valence-corrected chi connectivity index (χ4v) is 4.97. The summed E-state index contributed by atoms with van der Waals surface area (Å²) >= 11 is 0. The molecular formula is C14H25NOS. The molecule has 0 aromatic rings. The molecule has 98 valence electrons. The van der Waals surface area contributed by atoms with Crippen molar-refractivity contribution in [2.75, 3.05) is 11.5 Å². The van der Waals surface area contributed by atoms with E-state index in [1.165, 1.54) is 38.5 Å². The van der Waals surface area contributed by atoms with Gasteiger partial charge in [0.15, 0.2) is 0 Å². The Morgan fingerprint density at radius 2 is 1.59 bits per heavy atom. The van der Waals surface area contributed by atoms with Crippen molar-refractivity contribution in [3.05, 3.63) is 0 Å². The average molecular weight is 255 g/mol. The average Bonchev–Trinajstić information content (AvgIpc) is 3.17. The molecule has 2 atom stereocenters. The third kappa shape index (κ3) is 3.31. The second-order valence-corrected chi connectivity index (χ2v) is 7.95. The Morgan fingerprint density at radius 3 is 2.29 bits per heavy atom. The van der Waals surface area contributed by atoms with Gasteiger partial charge in [-0.05, 0) is 50.4 Å². The van der Waals surface area contributed by atoms with Crippen molar-refractivity contribution in [3.63, 3.8) is 0 Å². The van der Waals surface area contributed by atoms with Crippen LogP contribution in [-0.4, -0.2) is 27.8 Å². The van der Waals surface area contributed by atoms with Gasteiger partial charge in [0.1, 0.15) is 0 Å². The highest BCUT2D eigenvalue weighted by molar-refractivity contribution is 7.85. The van der Waals surface area contributed by atoms with Gasteiger partial charge in [-0.1, -0.05) is 12.8 Å². The Kier molecular flexibility index (Phi) is 3.86. The van der Waals surface area contributed by atoms with Crippen LogP contribution in [0, 0.1) is 11.8 Å². The van der Waals surface area contributed by atoms with Gasteiger partial charge >= 0.3 is 0 Å². The molecule has 2 unspecified atom stereocenters. The molecule has 0 amide bonds. The van der Waals surface area contributed by atoms with Crippen molar-refractivity contribution >= 4 is 10.8 Å². The normalized spacial score (nSPS) is 43.5. The lowest BCUT2D eigenvalue weighted by molar-refractivity contribution is 0.242. The lowest BCUT2D eigenvalue weighted by atomic mass is 9.82. The van der Waals surface area contributed by atoms with Crippen LogP contribution >= 0.6 is 0 Å². The monoisotopic (exact) mass is 255 g/mol. The highest BCUT2D eigenvalue weighted by Gasteiger charge is 2.35. The Hall–Kier alpha value is 0.110. The van der Waals surface area contributed by atoms with Crippen LogP contribution in [0.3, 0.4) is 0 Å². The maximum atomic E-state index is 11.3. The first-order valence-corrected chi connectivity index (χ1v) is 8.91. The van der Waals surface area contributed by atoms with E-state index in [1.807, 2.05) is 0 Å². The first-order valence-electron chi connectivity index (χ1n) is 7.42.